The van der Waals surface area contributed by atoms with Gasteiger partial charge in [0.25, 0.3) is 0 Å². The quantitative estimate of drug-likeness (QED) is 0.298. The molecule has 1 fully saturated rings. The van der Waals surface area contributed by atoms with Gasteiger partial charge in [-0.25, -0.2) is 8.42 Å². The molecule has 7 nitrogen and oxygen atoms in total. The lowest BCUT2D eigenvalue weighted by atomic mass is 9.87. The molecule has 1 saturated heterocycles. The van der Waals surface area contributed by atoms with E-state index in [-0.39, 0.29) is 23.2 Å². The molecule has 0 atom stereocenters. The second-order valence-electron chi connectivity index (χ2n) is 11.4. The fraction of sp³-hybridized carbons (Fsp3) is 0.344. The Morgan fingerprint density at radius 2 is 1.57 bits per heavy atom. The maximum absolute atomic E-state index is 13.5. The normalized spacial score (nSPS) is 15.4. The standard InChI is InChI=1S/C32H36N2O5S/c1-23-9-14-31(28-8-6-5-7-27(23)28)40(36,37)34-17-15-33(16-18-34)20-26-19-29(35)30(22-38-26)39-21-24-10-12-25(13-11-24)32(2,3)4/h5-14,19,22H,15-18,20-21H2,1-4H3. The third-order valence-electron chi connectivity index (χ3n) is 7.50. The van der Waals surface area contributed by atoms with E-state index in [1.54, 1.807) is 10.4 Å². The van der Waals surface area contributed by atoms with Crippen LogP contribution in [0.2, 0.25) is 0 Å². The first-order valence-corrected chi connectivity index (χ1v) is 15.0. The van der Waals surface area contributed by atoms with E-state index in [9.17, 15) is 13.2 Å². The van der Waals surface area contributed by atoms with Crippen LogP contribution in [-0.4, -0.2) is 43.8 Å². The van der Waals surface area contributed by atoms with E-state index in [0.717, 1.165) is 21.9 Å². The highest BCUT2D eigenvalue weighted by molar-refractivity contribution is 7.89. The second-order valence-corrected chi connectivity index (χ2v) is 13.3. The number of ether oxygens (including phenoxy) is 1. The molecule has 2 heterocycles. The summed E-state index contributed by atoms with van der Waals surface area (Å²) in [5.74, 6) is 0.692. The maximum atomic E-state index is 13.5. The summed E-state index contributed by atoms with van der Waals surface area (Å²) in [5, 5.41) is 1.69. The van der Waals surface area contributed by atoms with Crippen LogP contribution in [0.25, 0.3) is 10.8 Å². The van der Waals surface area contributed by atoms with E-state index in [4.69, 9.17) is 9.15 Å². The van der Waals surface area contributed by atoms with Crippen molar-refractivity contribution in [3.63, 3.8) is 0 Å². The molecular formula is C32H36N2O5S. The number of hydrogen-bond donors (Lipinski definition) is 0. The van der Waals surface area contributed by atoms with Gasteiger partial charge in [-0.3, -0.25) is 9.69 Å². The lowest BCUT2D eigenvalue weighted by Crippen LogP contribution is -2.48. The number of aryl methyl sites for hydroxylation is 1. The molecular weight excluding hydrogens is 524 g/mol. The smallest absolute Gasteiger partial charge is 0.243 e. The van der Waals surface area contributed by atoms with Crippen LogP contribution in [0.15, 0.2) is 87.1 Å². The Labute approximate surface area is 236 Å². The molecule has 0 saturated carbocycles. The van der Waals surface area contributed by atoms with Crippen molar-refractivity contribution in [2.45, 2.75) is 51.2 Å². The molecule has 8 heteroatoms. The fourth-order valence-corrected chi connectivity index (χ4v) is 6.64. The van der Waals surface area contributed by atoms with E-state index >= 15 is 0 Å². The lowest BCUT2D eigenvalue weighted by molar-refractivity contribution is 0.169. The predicted molar refractivity (Wildman–Crippen MR) is 157 cm³/mol. The number of hydrogen-bond acceptors (Lipinski definition) is 6. The Morgan fingerprint density at radius 3 is 2.23 bits per heavy atom. The van der Waals surface area contributed by atoms with Crippen molar-refractivity contribution in [2.24, 2.45) is 0 Å². The van der Waals surface area contributed by atoms with Gasteiger partial charge in [0.15, 0.2) is 0 Å². The molecule has 210 valence electrons. The third kappa shape index (κ3) is 5.99. The first kappa shape index (κ1) is 28.1. The topological polar surface area (TPSA) is 80.1 Å². The number of piperazine rings is 1. The van der Waals surface area contributed by atoms with Gasteiger partial charge in [-0.15, -0.1) is 0 Å². The molecule has 40 heavy (non-hydrogen) atoms. The Bertz CT molecular complexity index is 1660. The summed E-state index contributed by atoms with van der Waals surface area (Å²) in [6.45, 7) is 11.0. The monoisotopic (exact) mass is 560 g/mol. The molecule has 0 amide bonds. The van der Waals surface area contributed by atoms with Crippen molar-refractivity contribution >= 4 is 20.8 Å². The van der Waals surface area contributed by atoms with Gasteiger partial charge in [0.05, 0.1) is 11.4 Å². The molecule has 1 aliphatic rings. The first-order valence-electron chi connectivity index (χ1n) is 13.6. The molecule has 0 bridgehead atoms. The van der Waals surface area contributed by atoms with E-state index in [1.807, 2.05) is 49.4 Å². The number of rotatable bonds is 7. The summed E-state index contributed by atoms with van der Waals surface area (Å²) in [4.78, 5) is 15.1. The summed E-state index contributed by atoms with van der Waals surface area (Å²) in [5.41, 5.74) is 3.10. The van der Waals surface area contributed by atoms with E-state index < -0.39 is 10.0 Å². The number of benzene rings is 3. The van der Waals surface area contributed by atoms with Gasteiger partial charge >= 0.3 is 0 Å². The van der Waals surface area contributed by atoms with Gasteiger partial charge in [0.2, 0.25) is 21.2 Å². The molecule has 3 aromatic carbocycles. The molecule has 1 aliphatic heterocycles. The largest absolute Gasteiger partial charge is 0.482 e. The summed E-state index contributed by atoms with van der Waals surface area (Å²) < 4.78 is 40.0. The highest BCUT2D eigenvalue weighted by Gasteiger charge is 2.30. The minimum absolute atomic E-state index is 0.0766. The van der Waals surface area contributed by atoms with E-state index in [2.05, 4.69) is 37.8 Å². The highest BCUT2D eigenvalue weighted by Crippen LogP contribution is 2.29. The van der Waals surface area contributed by atoms with Gasteiger partial charge in [0.1, 0.15) is 18.6 Å². The number of nitrogens with zero attached hydrogens (tertiary/aromatic N) is 2. The van der Waals surface area contributed by atoms with Gasteiger partial charge in [0, 0.05) is 37.6 Å². The molecule has 0 spiro atoms. The summed E-state index contributed by atoms with van der Waals surface area (Å²) in [6, 6.07) is 20.8. The molecule has 0 unspecified atom stereocenters. The van der Waals surface area contributed by atoms with Gasteiger partial charge < -0.3 is 9.15 Å². The highest BCUT2D eigenvalue weighted by atomic mass is 32.2. The lowest BCUT2D eigenvalue weighted by Gasteiger charge is -2.33. The zero-order valence-corrected chi connectivity index (χ0v) is 24.3. The molecule has 0 radical (unpaired) electrons. The Balaban J connectivity index is 1.18. The Kier molecular flexibility index (Phi) is 7.86. The molecule has 1 aromatic heterocycles. The average molecular weight is 561 g/mol. The first-order chi connectivity index (χ1) is 19.0. The van der Waals surface area contributed by atoms with Crippen molar-refractivity contribution in [1.82, 2.24) is 9.21 Å². The van der Waals surface area contributed by atoms with Crippen molar-refractivity contribution in [3.8, 4) is 5.75 Å². The zero-order valence-electron chi connectivity index (χ0n) is 23.5. The van der Waals surface area contributed by atoms with E-state index in [1.165, 1.54) is 17.9 Å². The molecule has 0 N–H and O–H groups in total. The van der Waals surface area contributed by atoms with Crippen LogP contribution < -0.4 is 10.2 Å². The number of fused-ring (bicyclic) bond motifs is 1. The fourth-order valence-electron chi connectivity index (χ4n) is 5.02. The van der Waals surface area contributed by atoms with Crippen LogP contribution in [0.1, 0.15) is 43.2 Å². The van der Waals surface area contributed by atoms with Crippen LogP contribution in [0.3, 0.4) is 0 Å². The van der Waals surface area contributed by atoms with Crippen LogP contribution >= 0.6 is 0 Å². The number of sulfonamides is 1. The minimum atomic E-state index is -3.64. The SMILES string of the molecule is Cc1ccc(S(=O)(=O)N2CCN(Cc3cc(=O)c(OCc4ccc(C(C)(C)C)cc4)co3)CC2)c2ccccc12. The minimum Gasteiger partial charge on any atom is -0.482 e. The Hall–Kier alpha value is -3.46. The van der Waals surface area contributed by atoms with E-state index in [0.29, 0.717) is 43.4 Å². The Morgan fingerprint density at radius 1 is 0.900 bits per heavy atom. The van der Waals surface area contributed by atoms with Crippen LogP contribution in [0.5, 0.6) is 5.75 Å². The van der Waals surface area contributed by atoms with Gasteiger partial charge in [-0.1, -0.05) is 75.4 Å². The van der Waals surface area contributed by atoms with Crippen molar-refractivity contribution < 1.29 is 17.6 Å². The molecule has 0 aliphatic carbocycles. The molecule has 5 rings (SSSR count). The predicted octanol–water partition coefficient (Wildman–Crippen LogP) is 5.48. The summed E-state index contributed by atoms with van der Waals surface area (Å²) in [6.07, 6.45) is 1.37. The van der Waals surface area contributed by atoms with Crippen LogP contribution in [0.4, 0.5) is 0 Å². The van der Waals surface area contributed by atoms with Gasteiger partial charge in [-0.2, -0.15) is 4.31 Å². The summed E-state index contributed by atoms with van der Waals surface area (Å²) >= 11 is 0. The average Bonchev–Trinajstić information content (AvgIpc) is 2.93. The van der Waals surface area contributed by atoms with Crippen LogP contribution in [-0.2, 0) is 28.6 Å². The summed E-state index contributed by atoms with van der Waals surface area (Å²) in [7, 11) is -3.64. The third-order valence-corrected chi connectivity index (χ3v) is 9.45. The van der Waals surface area contributed by atoms with Crippen molar-refractivity contribution in [1.29, 1.82) is 0 Å². The maximum Gasteiger partial charge on any atom is 0.243 e. The zero-order chi connectivity index (χ0) is 28.5. The molecule has 4 aromatic rings. The van der Waals surface area contributed by atoms with Crippen LogP contribution in [0, 0.1) is 6.92 Å². The van der Waals surface area contributed by atoms with Crippen molar-refractivity contribution in [3.05, 3.63) is 106 Å². The van der Waals surface area contributed by atoms with Gasteiger partial charge in [-0.05, 0) is 40.5 Å². The van der Waals surface area contributed by atoms with Crippen molar-refractivity contribution in [2.75, 3.05) is 26.2 Å². The second kappa shape index (κ2) is 11.2.